The molecule has 2 atom stereocenters. The molecule has 1 aliphatic rings. The number of hydrogen-bond acceptors (Lipinski definition) is 3. The molecule has 18 heavy (non-hydrogen) atoms. The van der Waals surface area contributed by atoms with Crippen LogP contribution in [0.2, 0.25) is 0 Å². The lowest BCUT2D eigenvalue weighted by atomic mass is 10.1. The SMILES string of the molecule is C[NH+]1CCC[C@@H](OC(=O)COc2ccccc2)C1. The lowest BCUT2D eigenvalue weighted by Crippen LogP contribution is -3.11. The van der Waals surface area contributed by atoms with Crippen LogP contribution in [0, 0.1) is 0 Å². The molecule has 1 aliphatic heterocycles. The van der Waals surface area contributed by atoms with E-state index in [9.17, 15) is 4.79 Å². The molecule has 0 bridgehead atoms. The van der Waals surface area contributed by atoms with Gasteiger partial charge in [0.2, 0.25) is 0 Å². The molecule has 4 nitrogen and oxygen atoms in total. The second-order valence-electron chi connectivity index (χ2n) is 4.77. The monoisotopic (exact) mass is 250 g/mol. The third-order valence-electron chi connectivity index (χ3n) is 3.10. The quantitative estimate of drug-likeness (QED) is 0.781. The smallest absolute Gasteiger partial charge is 0.344 e. The van der Waals surface area contributed by atoms with Gasteiger partial charge in [-0.3, -0.25) is 0 Å². The van der Waals surface area contributed by atoms with Gasteiger partial charge in [0, 0.05) is 6.42 Å². The summed E-state index contributed by atoms with van der Waals surface area (Å²) in [6.07, 6.45) is 2.13. The van der Waals surface area contributed by atoms with Crippen LogP contribution in [0.4, 0.5) is 0 Å². The van der Waals surface area contributed by atoms with Gasteiger partial charge >= 0.3 is 5.97 Å². The summed E-state index contributed by atoms with van der Waals surface area (Å²) in [4.78, 5) is 13.1. The molecule has 1 fully saturated rings. The number of para-hydroxylation sites is 1. The van der Waals surface area contributed by atoms with Crippen molar-refractivity contribution in [2.24, 2.45) is 0 Å². The highest BCUT2D eigenvalue weighted by atomic mass is 16.6. The fraction of sp³-hybridized carbons (Fsp3) is 0.500. The van der Waals surface area contributed by atoms with E-state index < -0.39 is 0 Å². The number of likely N-dealkylation sites (tertiary alicyclic amines) is 1. The molecule has 1 saturated heterocycles. The van der Waals surface area contributed by atoms with Crippen molar-refractivity contribution in [2.45, 2.75) is 18.9 Å². The number of esters is 1. The van der Waals surface area contributed by atoms with Gasteiger partial charge in [-0.25, -0.2) is 4.79 Å². The molecule has 1 unspecified atom stereocenters. The van der Waals surface area contributed by atoms with Crippen LogP contribution in [0.5, 0.6) is 5.75 Å². The third kappa shape index (κ3) is 4.04. The molecule has 0 amide bonds. The summed E-state index contributed by atoms with van der Waals surface area (Å²) in [5.74, 6) is 0.416. The Balaban J connectivity index is 1.72. The van der Waals surface area contributed by atoms with Crippen molar-refractivity contribution in [2.75, 3.05) is 26.7 Å². The summed E-state index contributed by atoms with van der Waals surface area (Å²) >= 11 is 0. The minimum atomic E-state index is -0.279. The largest absolute Gasteiger partial charge is 0.482 e. The maximum atomic E-state index is 11.6. The predicted octanol–water partition coefficient (Wildman–Crippen LogP) is 0.286. The molecule has 1 N–H and O–H groups in total. The number of carbonyl (C=O) groups is 1. The van der Waals surface area contributed by atoms with Gasteiger partial charge in [0.15, 0.2) is 12.7 Å². The number of ether oxygens (including phenoxy) is 2. The van der Waals surface area contributed by atoms with Gasteiger partial charge in [0.1, 0.15) is 12.3 Å². The summed E-state index contributed by atoms with van der Waals surface area (Å²) in [6, 6.07) is 9.31. The van der Waals surface area contributed by atoms with Gasteiger partial charge in [0.25, 0.3) is 0 Å². The van der Waals surface area contributed by atoms with E-state index in [-0.39, 0.29) is 18.7 Å². The third-order valence-corrected chi connectivity index (χ3v) is 3.10. The molecule has 0 spiro atoms. The van der Waals surface area contributed by atoms with Crippen LogP contribution in [0.3, 0.4) is 0 Å². The van der Waals surface area contributed by atoms with Crippen LogP contribution in [0.15, 0.2) is 30.3 Å². The molecule has 1 heterocycles. The van der Waals surface area contributed by atoms with Crippen molar-refractivity contribution in [3.05, 3.63) is 30.3 Å². The zero-order chi connectivity index (χ0) is 12.8. The summed E-state index contributed by atoms with van der Waals surface area (Å²) in [5, 5.41) is 0. The molecule has 0 aromatic heterocycles. The maximum absolute atomic E-state index is 11.6. The van der Waals surface area contributed by atoms with Crippen molar-refractivity contribution < 1.29 is 19.2 Å². The van der Waals surface area contributed by atoms with Crippen molar-refractivity contribution in [3.63, 3.8) is 0 Å². The summed E-state index contributed by atoms with van der Waals surface area (Å²) in [6.45, 7) is 2.05. The highest BCUT2D eigenvalue weighted by Gasteiger charge is 2.23. The van der Waals surface area contributed by atoms with Gasteiger partial charge in [-0.1, -0.05) is 18.2 Å². The second kappa shape index (κ2) is 6.40. The number of hydrogen-bond donors (Lipinski definition) is 1. The minimum Gasteiger partial charge on any atom is -0.482 e. The standard InChI is InChI=1S/C14H19NO3/c1-15-9-5-8-13(10-15)18-14(16)11-17-12-6-3-2-4-7-12/h2-4,6-7,13H,5,8-11H2,1H3/p+1/t13-/m1/s1. The van der Waals surface area contributed by atoms with E-state index in [1.165, 1.54) is 4.90 Å². The average Bonchev–Trinajstić information content (AvgIpc) is 2.38. The van der Waals surface area contributed by atoms with E-state index in [1.807, 2.05) is 30.3 Å². The molecule has 0 aliphatic carbocycles. The zero-order valence-electron chi connectivity index (χ0n) is 10.7. The maximum Gasteiger partial charge on any atom is 0.344 e. The van der Waals surface area contributed by atoms with Gasteiger partial charge in [-0.05, 0) is 18.6 Å². The Morgan fingerprint density at radius 1 is 1.39 bits per heavy atom. The first-order valence-corrected chi connectivity index (χ1v) is 6.42. The van der Waals surface area contributed by atoms with Crippen LogP contribution in [0.1, 0.15) is 12.8 Å². The molecule has 2 rings (SSSR count). The fourth-order valence-corrected chi connectivity index (χ4v) is 2.20. The number of rotatable bonds is 4. The Morgan fingerprint density at radius 2 is 2.17 bits per heavy atom. The summed E-state index contributed by atoms with van der Waals surface area (Å²) in [7, 11) is 2.13. The average molecular weight is 250 g/mol. The van der Waals surface area contributed by atoms with Crippen molar-refractivity contribution in [1.29, 1.82) is 0 Å². The molecule has 0 saturated carbocycles. The molecule has 4 heteroatoms. The van der Waals surface area contributed by atoms with Crippen molar-refractivity contribution >= 4 is 5.97 Å². The Hall–Kier alpha value is -1.55. The number of piperidine rings is 1. The fourth-order valence-electron chi connectivity index (χ4n) is 2.20. The summed E-state index contributed by atoms with van der Waals surface area (Å²) < 4.78 is 10.8. The Labute approximate surface area is 107 Å². The van der Waals surface area contributed by atoms with E-state index in [0.717, 1.165) is 25.9 Å². The lowest BCUT2D eigenvalue weighted by molar-refractivity contribution is -0.888. The van der Waals surface area contributed by atoms with Crippen molar-refractivity contribution in [3.8, 4) is 5.75 Å². The van der Waals surface area contributed by atoms with Gasteiger partial charge < -0.3 is 14.4 Å². The van der Waals surface area contributed by atoms with Gasteiger partial charge in [-0.15, -0.1) is 0 Å². The molecule has 98 valence electrons. The topological polar surface area (TPSA) is 40.0 Å². The molecular formula is C14H20NO3+. The van der Waals surface area contributed by atoms with E-state index in [1.54, 1.807) is 0 Å². The zero-order valence-corrected chi connectivity index (χ0v) is 10.7. The van der Waals surface area contributed by atoms with Crippen LogP contribution in [-0.2, 0) is 9.53 Å². The first kappa shape index (κ1) is 12.9. The van der Waals surface area contributed by atoms with E-state index in [4.69, 9.17) is 9.47 Å². The second-order valence-corrected chi connectivity index (χ2v) is 4.77. The minimum absolute atomic E-state index is 0.0143. The number of likely N-dealkylation sites (N-methyl/N-ethyl adjacent to an activating group) is 1. The van der Waals surface area contributed by atoms with Crippen molar-refractivity contribution in [1.82, 2.24) is 0 Å². The highest BCUT2D eigenvalue weighted by Crippen LogP contribution is 2.09. The Kier molecular flexibility index (Phi) is 4.59. The lowest BCUT2D eigenvalue weighted by Gasteiger charge is -2.26. The highest BCUT2D eigenvalue weighted by molar-refractivity contribution is 5.71. The molecule has 0 radical (unpaired) electrons. The molecule has 1 aromatic carbocycles. The van der Waals surface area contributed by atoms with Gasteiger partial charge in [0.05, 0.1) is 13.6 Å². The number of benzene rings is 1. The van der Waals surface area contributed by atoms with Crippen LogP contribution < -0.4 is 9.64 Å². The number of quaternary nitrogens is 1. The van der Waals surface area contributed by atoms with E-state index in [2.05, 4.69) is 7.05 Å². The Bertz CT molecular complexity index is 380. The Morgan fingerprint density at radius 3 is 2.89 bits per heavy atom. The first-order valence-electron chi connectivity index (χ1n) is 6.42. The van der Waals surface area contributed by atoms with Gasteiger partial charge in [-0.2, -0.15) is 0 Å². The van der Waals surface area contributed by atoms with E-state index >= 15 is 0 Å². The normalized spacial score (nSPS) is 23.4. The number of nitrogens with one attached hydrogen (secondary N) is 1. The summed E-state index contributed by atoms with van der Waals surface area (Å²) in [5.41, 5.74) is 0. The molecule has 1 aromatic rings. The van der Waals surface area contributed by atoms with Crippen LogP contribution in [-0.4, -0.2) is 38.8 Å². The van der Waals surface area contributed by atoms with Crippen LogP contribution in [0.25, 0.3) is 0 Å². The first-order chi connectivity index (χ1) is 8.74. The predicted molar refractivity (Wildman–Crippen MR) is 67.7 cm³/mol. The van der Waals surface area contributed by atoms with Crippen LogP contribution >= 0.6 is 0 Å². The molecular weight excluding hydrogens is 230 g/mol. The van der Waals surface area contributed by atoms with E-state index in [0.29, 0.717) is 5.75 Å². The number of carbonyl (C=O) groups excluding carboxylic acids is 1.